The molecule has 0 bridgehead atoms. The number of rotatable bonds is 6. The van der Waals surface area contributed by atoms with E-state index in [1.54, 1.807) is 24.0 Å². The fourth-order valence-electron chi connectivity index (χ4n) is 3.07. The number of hydrogen-bond donors (Lipinski definition) is 2. The second kappa shape index (κ2) is 6.64. The second-order valence-electron chi connectivity index (χ2n) is 6.24. The van der Waals surface area contributed by atoms with Crippen LogP contribution in [0.4, 0.5) is 5.82 Å². The first-order valence-electron chi connectivity index (χ1n) is 8.05. The van der Waals surface area contributed by atoms with E-state index in [1.807, 2.05) is 6.92 Å². The highest BCUT2D eigenvalue weighted by Gasteiger charge is 2.49. The Hall–Kier alpha value is -2.55. The molecule has 0 radical (unpaired) electrons. The van der Waals surface area contributed by atoms with Crippen molar-refractivity contribution in [1.82, 2.24) is 24.1 Å². The zero-order chi connectivity index (χ0) is 18.9. The van der Waals surface area contributed by atoms with Crippen LogP contribution in [0.1, 0.15) is 18.9 Å². The molecule has 0 atom stereocenters. The fraction of sp³-hybridized carbons (Fsp3) is 0.467. The van der Waals surface area contributed by atoms with E-state index in [-0.39, 0.29) is 25.3 Å². The van der Waals surface area contributed by atoms with Gasteiger partial charge >= 0.3 is 0 Å². The molecule has 26 heavy (non-hydrogen) atoms. The number of sulfonamides is 1. The lowest BCUT2D eigenvalue weighted by Crippen LogP contribution is -2.64. The summed E-state index contributed by atoms with van der Waals surface area (Å²) >= 11 is 0. The molecule has 0 amide bonds. The maximum atomic E-state index is 12.0. The van der Waals surface area contributed by atoms with Gasteiger partial charge in [0.05, 0.1) is 30.1 Å². The summed E-state index contributed by atoms with van der Waals surface area (Å²) < 4.78 is 27.1. The van der Waals surface area contributed by atoms with Crippen LogP contribution >= 0.6 is 0 Å². The molecule has 1 saturated heterocycles. The molecule has 2 aromatic rings. The van der Waals surface area contributed by atoms with Gasteiger partial charge in [-0.15, -0.1) is 0 Å². The monoisotopic (exact) mass is 376 g/mol. The minimum absolute atomic E-state index is 0.0367. The second-order valence-corrected chi connectivity index (χ2v) is 8.50. The third-order valence-electron chi connectivity index (χ3n) is 4.67. The predicted molar refractivity (Wildman–Crippen MR) is 95.0 cm³/mol. The van der Waals surface area contributed by atoms with Gasteiger partial charge in [0.2, 0.25) is 10.0 Å². The number of nitriles is 1. The maximum absolute atomic E-state index is 12.0. The van der Waals surface area contributed by atoms with Crippen molar-refractivity contribution in [2.45, 2.75) is 25.8 Å². The summed E-state index contributed by atoms with van der Waals surface area (Å²) in [5.41, 5.74) is 4.04. The third kappa shape index (κ3) is 2.92. The molecule has 0 aliphatic carbocycles. The van der Waals surface area contributed by atoms with E-state index >= 15 is 0 Å². The number of anilines is 1. The Morgan fingerprint density at radius 1 is 1.42 bits per heavy atom. The van der Waals surface area contributed by atoms with Gasteiger partial charge in [0.25, 0.3) is 0 Å². The maximum Gasteiger partial charge on any atom is 0.213 e. The molecule has 0 spiro atoms. The van der Waals surface area contributed by atoms with Crippen molar-refractivity contribution in [1.29, 1.82) is 5.26 Å². The topological polar surface area (TPSA) is 143 Å². The smallest absolute Gasteiger partial charge is 0.213 e. The van der Waals surface area contributed by atoms with Crippen LogP contribution in [-0.4, -0.2) is 51.3 Å². The summed E-state index contributed by atoms with van der Waals surface area (Å²) in [6, 6.07) is 2.14. The van der Waals surface area contributed by atoms with Crippen molar-refractivity contribution in [3.05, 3.63) is 24.3 Å². The quantitative estimate of drug-likeness (QED) is 0.538. The molecule has 11 heteroatoms. The molecule has 1 fully saturated rings. The Balaban J connectivity index is 1.92. The number of nitrogens with one attached hydrogen (secondary N) is 1. The summed E-state index contributed by atoms with van der Waals surface area (Å²) in [6.45, 7) is 3.91. The number of nitrogens with zero attached hydrogens (tertiary/aromatic N) is 6. The van der Waals surface area contributed by atoms with Crippen LogP contribution in [0.2, 0.25) is 0 Å². The van der Waals surface area contributed by atoms with Crippen LogP contribution < -0.4 is 11.3 Å². The van der Waals surface area contributed by atoms with Gasteiger partial charge in [-0.2, -0.15) is 14.7 Å². The zero-order valence-corrected chi connectivity index (χ0v) is 15.4. The van der Waals surface area contributed by atoms with Crippen LogP contribution in [0.3, 0.4) is 0 Å². The average Bonchev–Trinajstić information content (AvgIpc) is 3.07. The molecular weight excluding hydrogens is 356 g/mol. The van der Waals surface area contributed by atoms with E-state index in [0.717, 1.165) is 11.1 Å². The Morgan fingerprint density at radius 2 is 2.15 bits per heavy atom. The van der Waals surface area contributed by atoms with Crippen molar-refractivity contribution in [2.24, 2.45) is 5.84 Å². The van der Waals surface area contributed by atoms with Crippen molar-refractivity contribution in [3.8, 4) is 17.3 Å². The van der Waals surface area contributed by atoms with Gasteiger partial charge in [0.15, 0.2) is 0 Å². The van der Waals surface area contributed by atoms with Crippen LogP contribution in [0, 0.1) is 18.3 Å². The summed E-state index contributed by atoms with van der Waals surface area (Å²) in [7, 11) is -3.28. The van der Waals surface area contributed by atoms with Crippen molar-refractivity contribution < 1.29 is 8.42 Å². The summed E-state index contributed by atoms with van der Waals surface area (Å²) in [6.07, 6.45) is 5.00. The Morgan fingerprint density at radius 3 is 2.77 bits per heavy atom. The Labute approximate surface area is 151 Å². The summed E-state index contributed by atoms with van der Waals surface area (Å²) in [4.78, 5) is 8.33. The first-order chi connectivity index (χ1) is 12.4. The van der Waals surface area contributed by atoms with E-state index in [1.165, 1.54) is 10.6 Å². The molecule has 2 aromatic heterocycles. The van der Waals surface area contributed by atoms with Gasteiger partial charge in [0, 0.05) is 30.4 Å². The van der Waals surface area contributed by atoms with Gasteiger partial charge in [-0.3, -0.25) is 4.68 Å². The van der Waals surface area contributed by atoms with E-state index in [2.05, 4.69) is 26.6 Å². The molecular formula is C15H20N8O2S. The number of nitrogen functional groups attached to an aromatic ring is 1. The van der Waals surface area contributed by atoms with Gasteiger partial charge in [-0.05, 0) is 13.8 Å². The van der Waals surface area contributed by atoms with Gasteiger partial charge in [-0.25, -0.2) is 24.2 Å². The van der Waals surface area contributed by atoms with Gasteiger partial charge < -0.3 is 5.43 Å². The van der Waals surface area contributed by atoms with Crippen LogP contribution in [-0.2, 0) is 15.6 Å². The molecule has 138 valence electrons. The molecule has 0 unspecified atom stereocenters. The highest BCUT2D eigenvalue weighted by atomic mass is 32.2. The molecule has 0 saturated carbocycles. The Bertz CT molecular complexity index is 956. The van der Waals surface area contributed by atoms with E-state index < -0.39 is 15.6 Å². The van der Waals surface area contributed by atoms with E-state index in [0.29, 0.717) is 11.5 Å². The summed E-state index contributed by atoms with van der Waals surface area (Å²) in [5.74, 6) is 6.00. The van der Waals surface area contributed by atoms with Crippen molar-refractivity contribution in [3.63, 3.8) is 0 Å². The van der Waals surface area contributed by atoms with Crippen LogP contribution in [0.15, 0.2) is 18.7 Å². The van der Waals surface area contributed by atoms with Gasteiger partial charge in [-0.1, -0.05) is 0 Å². The molecule has 3 heterocycles. The standard InChI is InChI=1S/C15H20N8O2S/c1-3-26(24,25)22-8-15(9-22,4-5-16)23-7-12(6-20-23)13-11(2)14(21-17)19-10-18-13/h6-7,10H,3-4,8-9,17H2,1-2H3,(H,18,19,21). The molecule has 1 aliphatic rings. The summed E-state index contributed by atoms with van der Waals surface area (Å²) in [5, 5.41) is 13.6. The minimum atomic E-state index is -3.28. The SMILES string of the molecule is CCS(=O)(=O)N1CC(CC#N)(n2cc(-c3ncnc(NN)c3C)cn2)C1. The number of hydrogen-bond acceptors (Lipinski definition) is 8. The minimum Gasteiger partial charge on any atom is -0.308 e. The molecule has 0 aromatic carbocycles. The zero-order valence-electron chi connectivity index (χ0n) is 14.5. The lowest BCUT2D eigenvalue weighted by molar-refractivity contribution is 0.0719. The average molecular weight is 376 g/mol. The molecule has 3 N–H and O–H groups in total. The molecule has 1 aliphatic heterocycles. The van der Waals surface area contributed by atoms with E-state index in [9.17, 15) is 13.7 Å². The van der Waals surface area contributed by atoms with Crippen LogP contribution in [0.5, 0.6) is 0 Å². The van der Waals surface area contributed by atoms with E-state index in [4.69, 9.17) is 5.84 Å². The lowest BCUT2D eigenvalue weighted by atomic mass is 9.89. The third-order valence-corrected chi connectivity index (χ3v) is 6.45. The van der Waals surface area contributed by atoms with Crippen LogP contribution in [0.25, 0.3) is 11.3 Å². The highest BCUT2D eigenvalue weighted by molar-refractivity contribution is 7.89. The first-order valence-corrected chi connectivity index (χ1v) is 9.66. The fourth-order valence-corrected chi connectivity index (χ4v) is 4.30. The van der Waals surface area contributed by atoms with Crippen molar-refractivity contribution >= 4 is 15.8 Å². The largest absolute Gasteiger partial charge is 0.308 e. The number of hydrazine groups is 1. The first kappa shape index (κ1) is 18.2. The normalized spacial score (nSPS) is 16.7. The Kier molecular flexibility index (Phi) is 4.66. The van der Waals surface area contributed by atoms with Gasteiger partial charge in [0.1, 0.15) is 17.7 Å². The molecule has 10 nitrogen and oxygen atoms in total. The van der Waals surface area contributed by atoms with Crippen molar-refractivity contribution in [2.75, 3.05) is 24.3 Å². The number of nitrogens with two attached hydrogens (primary N) is 1. The number of aromatic nitrogens is 4. The predicted octanol–water partition coefficient (Wildman–Crippen LogP) is 0.208. The lowest BCUT2D eigenvalue weighted by Gasteiger charge is -2.47. The molecule has 3 rings (SSSR count). The highest BCUT2D eigenvalue weighted by Crippen LogP contribution is 2.35.